The van der Waals surface area contributed by atoms with Crippen LogP contribution in [0.15, 0.2) is 97.1 Å². The molecule has 0 aromatic heterocycles. The number of anilines is 3. The number of hydrogen-bond donors (Lipinski definition) is 3. The van der Waals surface area contributed by atoms with Gasteiger partial charge in [0.2, 0.25) is 5.91 Å². The molecule has 4 atom stereocenters. The molecule has 2 aliphatic heterocycles. The molecule has 2 heterocycles. The Bertz CT molecular complexity index is 3200. The lowest BCUT2D eigenvalue weighted by Gasteiger charge is -2.37. The molecule has 5 aromatic carbocycles. The number of unbranched alkanes of at least 4 members (excludes halogenated alkanes) is 2. The number of rotatable bonds is 20. The van der Waals surface area contributed by atoms with Gasteiger partial charge in [-0.05, 0) is 148 Å². The molecule has 0 radical (unpaired) electrons. The molecule has 79 heavy (non-hydrogen) atoms. The number of carbonyl (C=O) groups is 3. The number of benzene rings is 5. The first kappa shape index (κ1) is 59.8. The van der Waals surface area contributed by atoms with Crippen molar-refractivity contribution in [3.8, 4) is 23.6 Å². The smallest absolute Gasteiger partial charge is 0.417 e. The Morgan fingerprint density at radius 1 is 0.873 bits per heavy atom. The molecule has 3 amide bonds. The third kappa shape index (κ3) is 12.9. The molecule has 5 aromatic rings. The molecule has 0 bridgehead atoms. The molecule has 3 N–H and O–H groups in total. The van der Waals surface area contributed by atoms with Crippen molar-refractivity contribution in [2.45, 2.75) is 102 Å². The summed E-state index contributed by atoms with van der Waals surface area (Å²) in [4.78, 5) is 44.0. The summed E-state index contributed by atoms with van der Waals surface area (Å²) in [6.07, 6.45) is -1.69. The van der Waals surface area contributed by atoms with Gasteiger partial charge in [0.25, 0.3) is 11.8 Å². The Labute approximate surface area is 470 Å². The Balaban J connectivity index is 0.869. The van der Waals surface area contributed by atoms with Crippen LogP contribution >= 0.6 is 35.4 Å². The zero-order valence-corrected chi connectivity index (χ0v) is 46.5. The highest BCUT2D eigenvalue weighted by Crippen LogP contribution is 2.53. The average molecular weight is 1150 g/mol. The quantitative estimate of drug-likeness (QED) is 0.0385. The number of thiocarbonyl (C=S) groups is 1. The maximum absolute atomic E-state index is 16.2. The van der Waals surface area contributed by atoms with E-state index in [9.17, 15) is 38.1 Å². The van der Waals surface area contributed by atoms with Crippen LogP contribution in [0, 0.1) is 39.7 Å². The van der Waals surface area contributed by atoms with E-state index in [2.05, 4.69) is 22.0 Å². The lowest BCUT2D eigenvalue weighted by Crippen LogP contribution is -2.45. The van der Waals surface area contributed by atoms with Crippen LogP contribution in [0.1, 0.15) is 105 Å². The fourth-order valence-corrected chi connectivity index (χ4v) is 11.0. The maximum atomic E-state index is 16.2. The Hall–Kier alpha value is -6.87. The van der Waals surface area contributed by atoms with E-state index in [4.69, 9.17) is 49.6 Å². The Morgan fingerprint density at radius 2 is 1.57 bits per heavy atom. The molecule has 416 valence electrons. The van der Waals surface area contributed by atoms with E-state index in [0.717, 1.165) is 42.4 Å². The Morgan fingerprint density at radius 3 is 2.23 bits per heavy atom. The standard InChI is InChI=1S/C58H58Cl2F5N7O6S/c1-55(2,3)31-47-57(33-67,41-22-16-36(59)29-44(41)61)48(40-12-10-13-43(60)49(40)62)50(70-47)52(74)69-45-23-15-34(28-46(45)76-6)51(73)68-24-11-26-77-25-8-7-9-27-78-39-20-18-37(19-21-39)72-54(79)71(53(75)56(72,4)5)38-17-14-35(32-66)42(30-38)58(63,64)65/h10,12-23,28-30,47-48,50,70H,7-9,11,24-27,31H2,1-6H3,(H,68,73)(H,69,74)/t47-,48-,50+,57-/m0/s1. The number of carbonyl (C=O) groups excluding carboxylic acids is 3. The van der Waals surface area contributed by atoms with E-state index in [1.165, 1.54) is 61.7 Å². The number of nitriles is 2. The average Bonchev–Trinajstić information content (AvgIpc) is 3.64. The number of alkyl halides is 3. The number of hydrogen-bond acceptors (Lipinski definition) is 10. The second-order valence-corrected chi connectivity index (χ2v) is 22.1. The van der Waals surface area contributed by atoms with Crippen LogP contribution in [0.5, 0.6) is 11.5 Å². The van der Waals surface area contributed by atoms with Crippen LogP contribution in [0.4, 0.5) is 39.0 Å². The van der Waals surface area contributed by atoms with Crippen molar-refractivity contribution in [1.82, 2.24) is 10.6 Å². The molecular formula is C58H58Cl2F5N7O6S. The van der Waals surface area contributed by atoms with E-state index in [-0.39, 0.29) is 55.4 Å². The van der Waals surface area contributed by atoms with Crippen molar-refractivity contribution >= 4 is 75.3 Å². The van der Waals surface area contributed by atoms with Crippen LogP contribution in [-0.2, 0) is 25.9 Å². The first-order chi connectivity index (χ1) is 37.4. The molecule has 0 saturated carbocycles. The van der Waals surface area contributed by atoms with Gasteiger partial charge in [-0.25, -0.2) is 8.78 Å². The van der Waals surface area contributed by atoms with Gasteiger partial charge in [-0.2, -0.15) is 23.7 Å². The molecule has 2 fully saturated rings. The number of methoxy groups -OCH3 is 1. The minimum Gasteiger partial charge on any atom is -0.495 e. The summed E-state index contributed by atoms with van der Waals surface area (Å²) in [5.41, 5.74) is -4.48. The predicted octanol–water partition coefficient (Wildman–Crippen LogP) is 12.4. The number of nitrogens with zero attached hydrogens (tertiary/aromatic N) is 4. The van der Waals surface area contributed by atoms with Crippen LogP contribution in [0.2, 0.25) is 10.0 Å². The van der Waals surface area contributed by atoms with Crippen LogP contribution in [0.3, 0.4) is 0 Å². The topological polar surface area (TPSA) is 169 Å². The summed E-state index contributed by atoms with van der Waals surface area (Å²) < 4.78 is 90.8. The Kier molecular flexibility index (Phi) is 18.7. The van der Waals surface area contributed by atoms with Gasteiger partial charge in [0.1, 0.15) is 34.1 Å². The van der Waals surface area contributed by atoms with Crippen molar-refractivity contribution < 1.29 is 50.5 Å². The molecule has 2 aliphatic rings. The second-order valence-electron chi connectivity index (χ2n) is 20.9. The van der Waals surface area contributed by atoms with E-state index < -0.39 is 81.0 Å². The third-order valence-corrected chi connectivity index (χ3v) is 14.7. The minimum absolute atomic E-state index is 0.0125. The first-order valence-corrected chi connectivity index (χ1v) is 26.5. The summed E-state index contributed by atoms with van der Waals surface area (Å²) in [6, 6.07) is 24.3. The zero-order valence-electron chi connectivity index (χ0n) is 44.1. The number of nitrogens with one attached hydrogen (secondary N) is 3. The predicted molar refractivity (Wildman–Crippen MR) is 296 cm³/mol. The molecule has 21 heteroatoms. The van der Waals surface area contributed by atoms with Gasteiger partial charge in [0.05, 0.1) is 59.4 Å². The van der Waals surface area contributed by atoms with Crippen LogP contribution in [-0.4, -0.2) is 73.9 Å². The summed E-state index contributed by atoms with van der Waals surface area (Å²) in [6.45, 7) is 10.7. The third-order valence-electron chi connectivity index (χ3n) is 13.9. The molecule has 7 rings (SSSR count). The number of halogens is 7. The monoisotopic (exact) mass is 1150 g/mol. The summed E-state index contributed by atoms with van der Waals surface area (Å²) >= 11 is 18.1. The molecule has 2 saturated heterocycles. The van der Waals surface area contributed by atoms with Gasteiger partial charge in [-0.3, -0.25) is 19.3 Å². The van der Waals surface area contributed by atoms with Crippen LogP contribution in [0.25, 0.3) is 0 Å². The van der Waals surface area contributed by atoms with Crippen molar-refractivity contribution in [1.29, 1.82) is 10.5 Å². The fourth-order valence-electron chi connectivity index (χ4n) is 10.1. The van der Waals surface area contributed by atoms with Gasteiger partial charge in [0, 0.05) is 53.6 Å². The first-order valence-electron chi connectivity index (χ1n) is 25.3. The van der Waals surface area contributed by atoms with E-state index >= 15 is 8.78 Å². The van der Waals surface area contributed by atoms with Crippen molar-refractivity contribution in [3.63, 3.8) is 0 Å². The highest BCUT2D eigenvalue weighted by atomic mass is 35.5. The van der Waals surface area contributed by atoms with Crippen molar-refractivity contribution in [2.75, 3.05) is 48.6 Å². The minimum atomic E-state index is -4.81. The summed E-state index contributed by atoms with van der Waals surface area (Å²) in [5, 5.41) is 29.2. The highest BCUT2D eigenvalue weighted by Gasteiger charge is 2.61. The molecule has 0 aliphatic carbocycles. The van der Waals surface area contributed by atoms with Gasteiger partial charge < -0.3 is 35.1 Å². The maximum Gasteiger partial charge on any atom is 0.417 e. The zero-order chi connectivity index (χ0) is 57.6. The summed E-state index contributed by atoms with van der Waals surface area (Å²) in [7, 11) is 1.37. The number of amides is 3. The lowest BCUT2D eigenvalue weighted by atomic mass is 9.62. The fraction of sp³-hybridized carbons (Fsp3) is 0.379. The molecule has 0 unspecified atom stereocenters. The molecular weight excluding hydrogens is 1090 g/mol. The van der Waals surface area contributed by atoms with Crippen molar-refractivity contribution in [3.05, 3.63) is 147 Å². The van der Waals surface area contributed by atoms with Gasteiger partial charge >= 0.3 is 6.18 Å². The van der Waals surface area contributed by atoms with Crippen LogP contribution < -0.4 is 35.2 Å². The van der Waals surface area contributed by atoms with E-state index in [1.807, 2.05) is 20.8 Å². The highest BCUT2D eigenvalue weighted by molar-refractivity contribution is 7.81. The second kappa shape index (κ2) is 24.7. The van der Waals surface area contributed by atoms with Gasteiger partial charge in [0.15, 0.2) is 5.11 Å². The van der Waals surface area contributed by atoms with Gasteiger partial charge in [-0.1, -0.05) is 62.2 Å². The largest absolute Gasteiger partial charge is 0.495 e. The lowest BCUT2D eigenvalue weighted by molar-refractivity contribution is -0.137. The van der Waals surface area contributed by atoms with Gasteiger partial charge in [-0.15, -0.1) is 0 Å². The number of ether oxygens (including phenoxy) is 3. The SMILES string of the molecule is COc1cc(C(=O)NCCCOCCCCCOc2ccc(N3C(=S)N(c4ccc(C#N)c(C(F)(F)F)c4)C(=O)C3(C)C)cc2)ccc1NC(=O)[C@@H]1N[C@@H](CC(C)(C)C)[C@](C#N)(c2ccc(Cl)cc2F)[C@H]1c1cccc(Cl)c1F. The van der Waals surface area contributed by atoms with Crippen molar-refractivity contribution in [2.24, 2.45) is 5.41 Å². The summed E-state index contributed by atoms with van der Waals surface area (Å²) in [5.74, 6) is -3.82. The molecule has 13 nitrogen and oxygen atoms in total. The van der Waals surface area contributed by atoms with E-state index in [1.54, 1.807) is 49.1 Å². The molecule has 0 spiro atoms. The van der Waals surface area contributed by atoms with E-state index in [0.29, 0.717) is 44.2 Å². The normalized spacial score (nSPS) is 19.0.